The van der Waals surface area contributed by atoms with E-state index in [9.17, 15) is 15.3 Å². The Morgan fingerprint density at radius 2 is 1.85 bits per heavy atom. The third-order valence-electron chi connectivity index (χ3n) is 3.98. The molecule has 1 fully saturated rings. The van der Waals surface area contributed by atoms with Crippen LogP contribution in [0.15, 0.2) is 18.2 Å². The molecule has 1 aromatic rings. The molecular weight excluding hydrogens is 256 g/mol. The fourth-order valence-electron chi connectivity index (χ4n) is 2.89. The van der Waals surface area contributed by atoms with Crippen LogP contribution in [0.5, 0.6) is 11.5 Å². The molecule has 1 aliphatic rings. The van der Waals surface area contributed by atoms with Gasteiger partial charge in [-0.2, -0.15) is 0 Å². The van der Waals surface area contributed by atoms with Crippen molar-refractivity contribution in [1.29, 1.82) is 0 Å². The Morgan fingerprint density at radius 1 is 1.20 bits per heavy atom. The van der Waals surface area contributed by atoms with Gasteiger partial charge in [-0.15, -0.1) is 0 Å². The largest absolute Gasteiger partial charge is 0.504 e. The molecule has 0 radical (unpaired) electrons. The van der Waals surface area contributed by atoms with Crippen LogP contribution < -0.4 is 5.32 Å². The topological polar surface area (TPSA) is 76.0 Å². The molecular formula is C15H24N2O3. The number of benzene rings is 1. The smallest absolute Gasteiger partial charge is 0.157 e. The van der Waals surface area contributed by atoms with Crippen molar-refractivity contribution >= 4 is 0 Å². The van der Waals surface area contributed by atoms with Crippen LogP contribution in [0, 0.1) is 5.41 Å². The summed E-state index contributed by atoms with van der Waals surface area (Å²) in [7, 11) is 0. The zero-order chi connectivity index (χ0) is 14.8. The fraction of sp³-hybridized carbons (Fsp3) is 0.600. The van der Waals surface area contributed by atoms with E-state index in [1.165, 1.54) is 6.07 Å². The highest BCUT2D eigenvalue weighted by Crippen LogP contribution is 2.40. The van der Waals surface area contributed by atoms with Gasteiger partial charge >= 0.3 is 0 Å². The van der Waals surface area contributed by atoms with Crippen molar-refractivity contribution in [3.63, 3.8) is 0 Å². The Hall–Kier alpha value is -1.30. The second-order valence-electron chi connectivity index (χ2n) is 6.08. The van der Waals surface area contributed by atoms with Crippen molar-refractivity contribution in [2.45, 2.75) is 19.9 Å². The van der Waals surface area contributed by atoms with Crippen molar-refractivity contribution in [2.24, 2.45) is 5.41 Å². The molecule has 0 aromatic heterocycles. The van der Waals surface area contributed by atoms with Crippen molar-refractivity contribution in [1.82, 2.24) is 10.2 Å². The second kappa shape index (κ2) is 5.99. The molecule has 2 rings (SSSR count). The van der Waals surface area contributed by atoms with E-state index in [0.717, 1.165) is 31.7 Å². The van der Waals surface area contributed by atoms with E-state index in [-0.39, 0.29) is 29.6 Å². The number of aromatic hydroxyl groups is 2. The lowest BCUT2D eigenvalue weighted by atomic mass is 9.79. The highest BCUT2D eigenvalue weighted by molar-refractivity contribution is 5.42. The van der Waals surface area contributed by atoms with Gasteiger partial charge in [-0.3, -0.25) is 4.90 Å². The molecule has 0 spiro atoms. The fourth-order valence-corrected chi connectivity index (χ4v) is 2.89. The van der Waals surface area contributed by atoms with Crippen LogP contribution in [0.4, 0.5) is 0 Å². The number of hydrogen-bond donors (Lipinski definition) is 4. The summed E-state index contributed by atoms with van der Waals surface area (Å²) in [4.78, 5) is 2.32. The maximum absolute atomic E-state index is 9.74. The first-order valence-corrected chi connectivity index (χ1v) is 7.03. The minimum atomic E-state index is -0.333. The maximum atomic E-state index is 9.74. The third-order valence-corrected chi connectivity index (χ3v) is 3.98. The van der Waals surface area contributed by atoms with Gasteiger partial charge in [0.05, 0.1) is 0 Å². The predicted octanol–water partition coefficient (Wildman–Crippen LogP) is 1.06. The summed E-state index contributed by atoms with van der Waals surface area (Å²) >= 11 is 0. The molecule has 1 aliphatic heterocycles. The Balaban J connectivity index is 2.36. The zero-order valence-corrected chi connectivity index (χ0v) is 12.1. The van der Waals surface area contributed by atoms with Crippen LogP contribution in [-0.4, -0.2) is 53.0 Å². The molecule has 20 heavy (non-hydrogen) atoms. The average Bonchev–Trinajstić information content (AvgIpc) is 2.44. The van der Waals surface area contributed by atoms with E-state index >= 15 is 0 Å². The van der Waals surface area contributed by atoms with Gasteiger partial charge in [-0.25, -0.2) is 0 Å². The van der Waals surface area contributed by atoms with Gasteiger partial charge in [0.1, 0.15) is 0 Å². The molecule has 5 heteroatoms. The summed E-state index contributed by atoms with van der Waals surface area (Å²) in [6, 6.07) is 4.92. The van der Waals surface area contributed by atoms with Crippen LogP contribution in [0.3, 0.4) is 0 Å². The monoisotopic (exact) mass is 280 g/mol. The maximum Gasteiger partial charge on any atom is 0.157 e. The molecule has 112 valence electrons. The quantitative estimate of drug-likeness (QED) is 0.621. The first-order chi connectivity index (χ1) is 9.45. The molecule has 1 aromatic carbocycles. The third kappa shape index (κ3) is 3.06. The molecule has 4 N–H and O–H groups in total. The first kappa shape index (κ1) is 15.1. The number of rotatable bonds is 4. The molecule has 0 amide bonds. The lowest BCUT2D eigenvalue weighted by Crippen LogP contribution is -2.49. The minimum absolute atomic E-state index is 0.00102. The summed E-state index contributed by atoms with van der Waals surface area (Å²) in [5.74, 6) is -0.231. The van der Waals surface area contributed by atoms with Gasteiger partial charge in [0.2, 0.25) is 0 Å². The minimum Gasteiger partial charge on any atom is -0.504 e. The highest BCUT2D eigenvalue weighted by atomic mass is 16.3. The number of aliphatic hydroxyl groups is 1. The molecule has 0 aliphatic carbocycles. The molecule has 1 atom stereocenters. The van der Waals surface area contributed by atoms with Gasteiger partial charge in [-0.05, 0) is 17.7 Å². The van der Waals surface area contributed by atoms with Crippen molar-refractivity contribution < 1.29 is 15.3 Å². The standard InChI is InChI=1S/C15H24N2O3/c1-15(2,10-18)14(17-7-5-16-6-8-17)11-3-4-12(19)13(20)9-11/h3-4,9,14,16,18-20H,5-8,10H2,1-2H3/t14-/m1/s1. The summed E-state index contributed by atoms with van der Waals surface area (Å²) in [6.07, 6.45) is 0. The molecule has 5 nitrogen and oxygen atoms in total. The van der Waals surface area contributed by atoms with E-state index in [1.807, 2.05) is 19.9 Å². The molecule has 0 bridgehead atoms. The number of phenols is 2. The summed E-state index contributed by atoms with van der Waals surface area (Å²) in [5.41, 5.74) is 0.585. The Bertz CT molecular complexity index is 456. The number of nitrogens with one attached hydrogen (secondary N) is 1. The van der Waals surface area contributed by atoms with Crippen LogP contribution in [0.2, 0.25) is 0 Å². The number of phenolic OH excluding ortho intramolecular Hbond substituents is 2. The summed E-state index contributed by atoms with van der Waals surface area (Å²) < 4.78 is 0. The first-order valence-electron chi connectivity index (χ1n) is 7.03. The number of hydrogen-bond acceptors (Lipinski definition) is 5. The van der Waals surface area contributed by atoms with E-state index in [4.69, 9.17) is 0 Å². The Morgan fingerprint density at radius 3 is 2.40 bits per heavy atom. The van der Waals surface area contributed by atoms with Crippen LogP contribution in [0.1, 0.15) is 25.5 Å². The number of aliphatic hydroxyl groups excluding tert-OH is 1. The summed E-state index contributed by atoms with van der Waals surface area (Å²) in [6.45, 7) is 7.73. The molecule has 1 heterocycles. The number of nitrogens with zero attached hydrogens (tertiary/aromatic N) is 1. The molecule has 0 unspecified atom stereocenters. The number of piperazine rings is 1. The van der Waals surface area contributed by atoms with Crippen molar-refractivity contribution in [2.75, 3.05) is 32.8 Å². The Kier molecular flexibility index (Phi) is 4.52. The van der Waals surface area contributed by atoms with Crippen LogP contribution >= 0.6 is 0 Å². The van der Waals surface area contributed by atoms with Gasteiger partial charge in [0.25, 0.3) is 0 Å². The van der Waals surface area contributed by atoms with Crippen molar-refractivity contribution in [3.8, 4) is 11.5 Å². The van der Waals surface area contributed by atoms with Crippen molar-refractivity contribution in [3.05, 3.63) is 23.8 Å². The van der Waals surface area contributed by atoms with E-state index in [1.54, 1.807) is 6.07 Å². The van der Waals surface area contributed by atoms with Crippen LogP contribution in [-0.2, 0) is 0 Å². The van der Waals surface area contributed by atoms with Gasteiger partial charge in [-0.1, -0.05) is 19.9 Å². The predicted molar refractivity (Wildman–Crippen MR) is 77.8 cm³/mol. The SMILES string of the molecule is CC(C)(CO)[C@@H](c1ccc(O)c(O)c1)N1CCNCC1. The van der Waals surface area contributed by atoms with E-state index in [0.29, 0.717) is 0 Å². The van der Waals surface area contributed by atoms with Gasteiger partial charge < -0.3 is 20.6 Å². The lowest BCUT2D eigenvalue weighted by Gasteiger charge is -2.43. The van der Waals surface area contributed by atoms with E-state index < -0.39 is 0 Å². The summed E-state index contributed by atoms with van der Waals surface area (Å²) in [5, 5.41) is 32.3. The lowest BCUT2D eigenvalue weighted by molar-refractivity contribution is 0.0304. The van der Waals surface area contributed by atoms with Crippen LogP contribution in [0.25, 0.3) is 0 Å². The second-order valence-corrected chi connectivity index (χ2v) is 6.08. The zero-order valence-electron chi connectivity index (χ0n) is 12.1. The Labute approximate surface area is 119 Å². The average molecular weight is 280 g/mol. The van der Waals surface area contributed by atoms with Gasteiger partial charge in [0, 0.05) is 44.2 Å². The molecule has 0 saturated carbocycles. The molecule has 1 saturated heterocycles. The van der Waals surface area contributed by atoms with Gasteiger partial charge in [0.15, 0.2) is 11.5 Å². The van der Waals surface area contributed by atoms with E-state index in [2.05, 4.69) is 10.2 Å². The normalized spacial score (nSPS) is 18.9. The highest BCUT2D eigenvalue weighted by Gasteiger charge is 2.35.